The van der Waals surface area contributed by atoms with Crippen LogP contribution in [0.25, 0.3) is 0 Å². The van der Waals surface area contributed by atoms with Crippen LogP contribution in [0, 0.1) is 6.92 Å². The van der Waals surface area contributed by atoms with Gasteiger partial charge in [0.15, 0.2) is 0 Å². The van der Waals surface area contributed by atoms with Crippen LogP contribution in [0.3, 0.4) is 0 Å². The van der Waals surface area contributed by atoms with Crippen molar-refractivity contribution in [1.29, 1.82) is 0 Å². The third-order valence-electron chi connectivity index (χ3n) is 3.45. The Hall–Kier alpha value is -0.910. The molecule has 0 bridgehead atoms. The Morgan fingerprint density at radius 2 is 2.17 bits per heavy atom. The fraction of sp³-hybridized carbons (Fsp3) is 0.538. The van der Waals surface area contributed by atoms with Crippen LogP contribution in [0.2, 0.25) is 0 Å². The minimum Gasteiger partial charge on any atom is -0.309 e. The third kappa shape index (κ3) is 3.10. The van der Waals surface area contributed by atoms with Crippen LogP contribution in [-0.2, 0) is 16.4 Å². The first-order valence-corrected chi connectivity index (χ1v) is 7.91. The lowest BCUT2D eigenvalue weighted by molar-refractivity contribution is 0.539. The Balaban J connectivity index is 1.96. The lowest BCUT2D eigenvalue weighted by atomic mass is 10.1. The number of hydrogen-bond donors (Lipinski definition) is 2. The first-order valence-electron chi connectivity index (χ1n) is 6.26. The van der Waals surface area contributed by atoms with E-state index in [1.54, 1.807) is 0 Å². The Bertz CT molecular complexity index is 526. The lowest BCUT2D eigenvalue weighted by Crippen LogP contribution is -2.31. The Labute approximate surface area is 109 Å². The van der Waals surface area contributed by atoms with Gasteiger partial charge < -0.3 is 5.32 Å². The fourth-order valence-corrected chi connectivity index (χ4v) is 2.99. The van der Waals surface area contributed by atoms with E-state index in [1.165, 1.54) is 23.7 Å². The number of rotatable bonds is 5. The van der Waals surface area contributed by atoms with Gasteiger partial charge in [0.05, 0.1) is 5.75 Å². The second-order valence-corrected chi connectivity index (χ2v) is 6.82. The molecule has 100 valence electrons. The van der Waals surface area contributed by atoms with E-state index < -0.39 is 10.0 Å². The van der Waals surface area contributed by atoms with Crippen LogP contribution < -0.4 is 10.0 Å². The summed E-state index contributed by atoms with van der Waals surface area (Å²) in [4.78, 5) is 0. The van der Waals surface area contributed by atoms with Crippen LogP contribution >= 0.6 is 0 Å². The van der Waals surface area contributed by atoms with Gasteiger partial charge in [-0.2, -0.15) is 0 Å². The van der Waals surface area contributed by atoms with Gasteiger partial charge in [-0.25, -0.2) is 13.1 Å². The van der Waals surface area contributed by atoms with Crippen LogP contribution in [0.5, 0.6) is 0 Å². The molecule has 0 saturated heterocycles. The van der Waals surface area contributed by atoms with Crippen molar-refractivity contribution in [3.8, 4) is 0 Å². The summed E-state index contributed by atoms with van der Waals surface area (Å²) in [7, 11) is -1.66. The zero-order valence-corrected chi connectivity index (χ0v) is 11.7. The number of sulfonamides is 1. The van der Waals surface area contributed by atoms with E-state index in [4.69, 9.17) is 0 Å². The van der Waals surface area contributed by atoms with Gasteiger partial charge in [-0.05, 0) is 37.9 Å². The lowest BCUT2D eigenvalue weighted by Gasteiger charge is -2.14. The van der Waals surface area contributed by atoms with Crippen LogP contribution in [-0.4, -0.2) is 27.8 Å². The van der Waals surface area contributed by atoms with E-state index in [1.807, 2.05) is 0 Å². The molecule has 1 aliphatic rings. The normalized spacial score (nSPS) is 18.9. The summed E-state index contributed by atoms with van der Waals surface area (Å²) in [5, 5.41) is 3.34. The number of hydrogen-bond acceptors (Lipinski definition) is 3. The van der Waals surface area contributed by atoms with Crippen LogP contribution in [0.15, 0.2) is 18.2 Å². The molecule has 1 aromatic rings. The van der Waals surface area contributed by atoms with Crippen molar-refractivity contribution in [2.75, 3.05) is 19.3 Å². The number of benzene rings is 1. The van der Waals surface area contributed by atoms with Gasteiger partial charge in [0, 0.05) is 12.6 Å². The van der Waals surface area contributed by atoms with Crippen molar-refractivity contribution in [2.24, 2.45) is 0 Å². The van der Waals surface area contributed by atoms with Crippen molar-refractivity contribution in [2.45, 2.75) is 25.8 Å². The second kappa shape index (κ2) is 5.38. The predicted molar refractivity (Wildman–Crippen MR) is 73.1 cm³/mol. The number of aryl methyl sites for hydroxylation is 2. The van der Waals surface area contributed by atoms with Gasteiger partial charge in [-0.1, -0.05) is 23.8 Å². The van der Waals surface area contributed by atoms with Gasteiger partial charge in [-0.15, -0.1) is 0 Å². The highest BCUT2D eigenvalue weighted by Gasteiger charge is 2.22. The maximum Gasteiger partial charge on any atom is 0.212 e. The Morgan fingerprint density at radius 3 is 2.89 bits per heavy atom. The molecule has 1 unspecified atom stereocenters. The minimum absolute atomic E-state index is 0.126. The van der Waals surface area contributed by atoms with Gasteiger partial charge >= 0.3 is 0 Å². The summed E-state index contributed by atoms with van der Waals surface area (Å²) < 4.78 is 25.0. The molecule has 5 heteroatoms. The molecule has 1 aliphatic carbocycles. The highest BCUT2D eigenvalue weighted by Crippen LogP contribution is 2.31. The smallest absolute Gasteiger partial charge is 0.212 e. The molecule has 0 fully saturated rings. The summed E-state index contributed by atoms with van der Waals surface area (Å²) in [5.74, 6) is 0.126. The van der Waals surface area contributed by atoms with Gasteiger partial charge in [0.1, 0.15) is 0 Å². The highest BCUT2D eigenvalue weighted by atomic mass is 32.2. The molecule has 0 spiro atoms. The standard InChI is InChI=1S/C13H20N2O2S/c1-10-3-4-11-5-6-13(12(11)9-10)15-7-8-18(16,17)14-2/h3-4,9,13-15H,5-8H2,1-2H3. The molecule has 0 aromatic heterocycles. The fourth-order valence-electron chi connectivity index (χ4n) is 2.40. The number of fused-ring (bicyclic) bond motifs is 1. The predicted octanol–water partition coefficient (Wildman–Crippen LogP) is 1.12. The van der Waals surface area contributed by atoms with E-state index >= 15 is 0 Å². The van der Waals surface area contributed by atoms with Gasteiger partial charge in [-0.3, -0.25) is 0 Å². The zero-order valence-electron chi connectivity index (χ0n) is 10.9. The molecular weight excluding hydrogens is 248 g/mol. The molecule has 1 aromatic carbocycles. The molecule has 2 rings (SSSR count). The molecule has 0 heterocycles. The molecule has 4 nitrogen and oxygen atoms in total. The van der Waals surface area contributed by atoms with Crippen molar-refractivity contribution in [3.63, 3.8) is 0 Å². The van der Waals surface area contributed by atoms with E-state index in [0.29, 0.717) is 12.6 Å². The molecule has 0 saturated carbocycles. The van der Waals surface area contributed by atoms with E-state index in [-0.39, 0.29) is 5.75 Å². The largest absolute Gasteiger partial charge is 0.309 e. The Morgan fingerprint density at radius 1 is 1.39 bits per heavy atom. The number of nitrogens with one attached hydrogen (secondary N) is 2. The molecule has 0 amide bonds. The molecule has 18 heavy (non-hydrogen) atoms. The maximum atomic E-state index is 11.3. The highest BCUT2D eigenvalue weighted by molar-refractivity contribution is 7.89. The Kier molecular flexibility index (Phi) is 4.04. The molecule has 0 aliphatic heterocycles. The van der Waals surface area contributed by atoms with Crippen molar-refractivity contribution in [3.05, 3.63) is 34.9 Å². The van der Waals surface area contributed by atoms with Gasteiger partial charge in [0.25, 0.3) is 0 Å². The van der Waals surface area contributed by atoms with E-state index in [9.17, 15) is 8.42 Å². The first kappa shape index (κ1) is 13.5. The van der Waals surface area contributed by atoms with E-state index in [0.717, 1.165) is 12.8 Å². The zero-order chi connectivity index (χ0) is 13.2. The quantitative estimate of drug-likeness (QED) is 0.841. The third-order valence-corrected chi connectivity index (χ3v) is 4.82. The average Bonchev–Trinajstić information content (AvgIpc) is 2.72. The van der Waals surface area contributed by atoms with Crippen molar-refractivity contribution in [1.82, 2.24) is 10.0 Å². The summed E-state index contributed by atoms with van der Waals surface area (Å²) in [6.07, 6.45) is 2.13. The SMILES string of the molecule is CNS(=O)(=O)CCNC1CCc2ccc(C)cc21. The molecule has 1 atom stereocenters. The summed E-state index contributed by atoms with van der Waals surface area (Å²) >= 11 is 0. The topological polar surface area (TPSA) is 58.2 Å². The maximum absolute atomic E-state index is 11.3. The van der Waals surface area contributed by atoms with Crippen LogP contribution in [0.1, 0.15) is 29.2 Å². The minimum atomic E-state index is -3.11. The van der Waals surface area contributed by atoms with Crippen molar-refractivity contribution >= 4 is 10.0 Å². The van der Waals surface area contributed by atoms with Crippen LogP contribution in [0.4, 0.5) is 0 Å². The molecule has 2 N–H and O–H groups in total. The van der Waals surface area contributed by atoms with Crippen molar-refractivity contribution < 1.29 is 8.42 Å². The second-order valence-electron chi connectivity index (χ2n) is 4.77. The summed E-state index contributed by atoms with van der Waals surface area (Å²) in [5.41, 5.74) is 3.97. The summed E-state index contributed by atoms with van der Waals surface area (Å²) in [6.45, 7) is 2.57. The van der Waals surface area contributed by atoms with E-state index in [2.05, 4.69) is 35.2 Å². The molecular formula is C13H20N2O2S. The summed E-state index contributed by atoms with van der Waals surface area (Å²) in [6, 6.07) is 6.81. The molecule has 0 radical (unpaired) electrons. The first-order chi connectivity index (χ1) is 8.52. The van der Waals surface area contributed by atoms with Gasteiger partial charge in [0.2, 0.25) is 10.0 Å². The monoisotopic (exact) mass is 268 g/mol. The average molecular weight is 268 g/mol.